The molecule has 0 spiro atoms. The second kappa shape index (κ2) is 5.77. The number of cyclic esters (lactones) is 2. The van der Waals surface area contributed by atoms with Crippen LogP contribution in [-0.2, 0) is 19.1 Å². The molecule has 1 saturated heterocycles. The van der Waals surface area contributed by atoms with Crippen LogP contribution in [0.1, 0.15) is 19.4 Å². The molecule has 1 aliphatic rings. The molecule has 1 aromatic rings. The molecule has 0 amide bonds. The van der Waals surface area contributed by atoms with Gasteiger partial charge in [-0.15, -0.1) is 0 Å². The lowest BCUT2D eigenvalue weighted by atomic mass is 10.2. The van der Waals surface area contributed by atoms with Crippen molar-refractivity contribution in [3.05, 3.63) is 39.8 Å². The Labute approximate surface area is 133 Å². The van der Waals surface area contributed by atoms with E-state index in [0.29, 0.717) is 4.47 Å². The van der Waals surface area contributed by atoms with Gasteiger partial charge in [-0.2, -0.15) is 5.26 Å². The van der Waals surface area contributed by atoms with Crippen molar-refractivity contribution in [2.45, 2.75) is 19.6 Å². The Hall–Kier alpha value is -2.40. The molecule has 0 aromatic heterocycles. The van der Waals surface area contributed by atoms with Crippen LogP contribution in [0.25, 0.3) is 0 Å². The second-order valence-electron chi connectivity index (χ2n) is 4.80. The van der Waals surface area contributed by atoms with Gasteiger partial charge in [0.05, 0.1) is 11.3 Å². The molecule has 6 nitrogen and oxygen atoms in total. The maximum Gasteiger partial charge on any atom is 0.350 e. The van der Waals surface area contributed by atoms with E-state index in [-0.39, 0.29) is 16.8 Å². The Bertz CT molecular complexity index is 715. The van der Waals surface area contributed by atoms with Crippen LogP contribution in [0.15, 0.2) is 28.4 Å². The van der Waals surface area contributed by atoms with Gasteiger partial charge >= 0.3 is 11.9 Å². The van der Waals surface area contributed by atoms with Crippen molar-refractivity contribution in [2.75, 3.05) is 5.32 Å². The predicted molar refractivity (Wildman–Crippen MR) is 76.8 cm³/mol. The number of rotatable bonds is 2. The number of hydrogen-bond donors (Lipinski definition) is 1. The number of carbonyl (C=O) groups excluding carboxylic acids is 2. The molecule has 0 aliphatic carbocycles. The molecule has 1 fully saturated rings. The van der Waals surface area contributed by atoms with E-state index in [4.69, 9.17) is 14.7 Å². The van der Waals surface area contributed by atoms with Gasteiger partial charge in [0.25, 0.3) is 5.79 Å². The Kier molecular flexibility index (Phi) is 4.19. The van der Waals surface area contributed by atoms with Crippen LogP contribution in [0, 0.1) is 17.1 Å². The van der Waals surface area contributed by atoms with Gasteiger partial charge < -0.3 is 14.8 Å². The topological polar surface area (TPSA) is 88.4 Å². The summed E-state index contributed by atoms with van der Waals surface area (Å²) in [7, 11) is 0. The smallest absolute Gasteiger partial charge is 0.350 e. The zero-order chi connectivity index (χ0) is 16.5. The van der Waals surface area contributed by atoms with Crippen molar-refractivity contribution < 1.29 is 23.5 Å². The van der Waals surface area contributed by atoms with Crippen LogP contribution < -0.4 is 5.32 Å². The van der Waals surface area contributed by atoms with Crippen molar-refractivity contribution in [1.29, 1.82) is 5.26 Å². The largest absolute Gasteiger partial charge is 0.419 e. The SMILES string of the molecule is CC1(C)OC(=O)C(=CNc2cc(F)c(C#N)cc2Br)C(=O)O1. The molecule has 0 bridgehead atoms. The third-order valence-corrected chi connectivity index (χ3v) is 3.32. The lowest BCUT2D eigenvalue weighted by Gasteiger charge is -2.29. The van der Waals surface area contributed by atoms with Gasteiger partial charge in [0.15, 0.2) is 5.57 Å². The third kappa shape index (κ3) is 3.26. The first-order chi connectivity index (χ1) is 10.2. The fourth-order valence-electron chi connectivity index (χ4n) is 1.67. The summed E-state index contributed by atoms with van der Waals surface area (Å²) in [6.07, 6.45) is 1.06. The molecule has 2 rings (SSSR count). The average Bonchev–Trinajstić information content (AvgIpc) is 2.39. The number of esters is 2. The van der Waals surface area contributed by atoms with Gasteiger partial charge in [-0.1, -0.05) is 0 Å². The Morgan fingerprint density at radius 3 is 2.45 bits per heavy atom. The molecular weight excluding hydrogens is 359 g/mol. The molecule has 0 saturated carbocycles. The van der Waals surface area contributed by atoms with Gasteiger partial charge in [0.2, 0.25) is 0 Å². The molecule has 0 radical (unpaired) electrons. The fraction of sp³-hybridized carbons (Fsp3) is 0.214. The third-order valence-electron chi connectivity index (χ3n) is 2.67. The highest BCUT2D eigenvalue weighted by atomic mass is 79.9. The number of hydrogen-bond acceptors (Lipinski definition) is 6. The van der Waals surface area contributed by atoms with E-state index < -0.39 is 23.5 Å². The first-order valence-electron chi connectivity index (χ1n) is 6.06. The summed E-state index contributed by atoms with van der Waals surface area (Å²) in [5.74, 6) is -3.76. The molecule has 114 valence electrons. The van der Waals surface area contributed by atoms with Crippen molar-refractivity contribution in [3.63, 3.8) is 0 Å². The quantitative estimate of drug-likeness (QED) is 0.490. The van der Waals surface area contributed by atoms with Gasteiger partial charge in [0.1, 0.15) is 11.9 Å². The summed E-state index contributed by atoms with van der Waals surface area (Å²) in [6.45, 7) is 2.86. The number of nitrogens with zero attached hydrogens (tertiary/aromatic N) is 1. The zero-order valence-electron chi connectivity index (χ0n) is 11.6. The molecule has 1 heterocycles. The van der Waals surface area contributed by atoms with E-state index in [1.807, 2.05) is 0 Å². The minimum atomic E-state index is -1.33. The lowest BCUT2D eigenvalue weighted by Crippen LogP contribution is -2.42. The van der Waals surface area contributed by atoms with Gasteiger partial charge in [-0.05, 0) is 28.1 Å². The fourth-order valence-corrected chi connectivity index (χ4v) is 2.13. The summed E-state index contributed by atoms with van der Waals surface area (Å²) in [5.41, 5.74) is -0.256. The van der Waals surface area contributed by atoms with Gasteiger partial charge in [0, 0.05) is 24.5 Å². The van der Waals surface area contributed by atoms with Crippen molar-refractivity contribution in [2.24, 2.45) is 0 Å². The maximum absolute atomic E-state index is 13.6. The van der Waals surface area contributed by atoms with Crippen LogP contribution in [-0.4, -0.2) is 17.7 Å². The van der Waals surface area contributed by atoms with E-state index in [2.05, 4.69) is 21.2 Å². The zero-order valence-corrected chi connectivity index (χ0v) is 13.2. The highest BCUT2D eigenvalue weighted by Crippen LogP contribution is 2.27. The maximum atomic E-state index is 13.6. The number of anilines is 1. The van der Waals surface area contributed by atoms with Crippen LogP contribution in [0.5, 0.6) is 0 Å². The Morgan fingerprint density at radius 1 is 1.32 bits per heavy atom. The summed E-state index contributed by atoms with van der Waals surface area (Å²) in [5, 5.41) is 11.3. The molecule has 0 atom stereocenters. The number of nitrogens with one attached hydrogen (secondary N) is 1. The molecule has 1 aromatic carbocycles. The molecule has 1 N–H and O–H groups in total. The second-order valence-corrected chi connectivity index (χ2v) is 5.66. The number of benzene rings is 1. The summed E-state index contributed by atoms with van der Waals surface area (Å²) < 4.78 is 23.8. The van der Waals surface area contributed by atoms with E-state index in [0.717, 1.165) is 12.3 Å². The number of nitriles is 1. The van der Waals surface area contributed by atoms with Crippen molar-refractivity contribution in [3.8, 4) is 6.07 Å². The van der Waals surface area contributed by atoms with Crippen LogP contribution >= 0.6 is 15.9 Å². The molecular formula is C14H10BrFN2O4. The number of carbonyl (C=O) groups is 2. The molecule has 0 unspecified atom stereocenters. The molecule has 1 aliphatic heterocycles. The summed E-state index contributed by atoms with van der Waals surface area (Å²) in [6, 6.07) is 4.03. The van der Waals surface area contributed by atoms with E-state index in [1.54, 1.807) is 6.07 Å². The average molecular weight is 369 g/mol. The highest BCUT2D eigenvalue weighted by Gasteiger charge is 2.38. The predicted octanol–water partition coefficient (Wildman–Crippen LogP) is 2.59. The minimum Gasteiger partial charge on any atom is -0.419 e. The summed E-state index contributed by atoms with van der Waals surface area (Å²) >= 11 is 3.15. The first kappa shape index (κ1) is 16.0. The van der Waals surface area contributed by atoms with E-state index >= 15 is 0 Å². The lowest BCUT2D eigenvalue weighted by molar-refractivity contribution is -0.222. The highest BCUT2D eigenvalue weighted by molar-refractivity contribution is 9.10. The van der Waals surface area contributed by atoms with Crippen LogP contribution in [0.2, 0.25) is 0 Å². The van der Waals surface area contributed by atoms with E-state index in [1.165, 1.54) is 19.9 Å². The normalized spacial score (nSPS) is 16.4. The number of halogens is 2. The number of ether oxygens (including phenoxy) is 2. The van der Waals surface area contributed by atoms with Crippen LogP contribution in [0.3, 0.4) is 0 Å². The molecule has 22 heavy (non-hydrogen) atoms. The summed E-state index contributed by atoms with van der Waals surface area (Å²) in [4.78, 5) is 23.5. The van der Waals surface area contributed by atoms with Crippen molar-refractivity contribution >= 4 is 33.6 Å². The Morgan fingerprint density at radius 2 is 1.91 bits per heavy atom. The monoisotopic (exact) mass is 368 g/mol. The Balaban J connectivity index is 2.26. The van der Waals surface area contributed by atoms with Gasteiger partial charge in [-0.25, -0.2) is 14.0 Å². The van der Waals surface area contributed by atoms with E-state index in [9.17, 15) is 14.0 Å². The van der Waals surface area contributed by atoms with Crippen molar-refractivity contribution in [1.82, 2.24) is 0 Å². The van der Waals surface area contributed by atoms with Gasteiger partial charge in [-0.3, -0.25) is 0 Å². The molecule has 8 heteroatoms. The minimum absolute atomic E-state index is 0.136. The first-order valence-corrected chi connectivity index (χ1v) is 6.85. The standard InChI is InChI=1S/C14H10BrFN2O4/c1-14(2)21-12(19)8(13(20)22-14)6-18-11-4-10(16)7(5-17)3-9(11)15/h3-4,6,18H,1-2H3. The van der Waals surface area contributed by atoms with Crippen LogP contribution in [0.4, 0.5) is 10.1 Å².